The van der Waals surface area contributed by atoms with Gasteiger partial charge >= 0.3 is 6.61 Å². The van der Waals surface area contributed by atoms with Gasteiger partial charge in [0.25, 0.3) is 0 Å². The lowest BCUT2D eigenvalue weighted by molar-refractivity contribution is -0.0498. The molecular weight excluding hydrogens is 483 g/mol. The van der Waals surface area contributed by atoms with Crippen LogP contribution >= 0.6 is 24.0 Å². The van der Waals surface area contributed by atoms with Crippen molar-refractivity contribution in [3.05, 3.63) is 29.8 Å². The Hall–Kier alpha value is -1.20. The molecule has 1 aromatic carbocycles. The molecule has 0 amide bonds. The zero-order chi connectivity index (χ0) is 19.7. The molecule has 9 heteroatoms. The highest BCUT2D eigenvalue weighted by Crippen LogP contribution is 2.16. The third-order valence-corrected chi connectivity index (χ3v) is 3.44. The van der Waals surface area contributed by atoms with Gasteiger partial charge in [0.15, 0.2) is 5.96 Å². The van der Waals surface area contributed by atoms with Gasteiger partial charge in [-0.25, -0.2) is 4.99 Å². The molecule has 0 aliphatic heterocycles. The smallest absolute Gasteiger partial charge is 0.387 e. The van der Waals surface area contributed by atoms with E-state index in [2.05, 4.69) is 27.3 Å². The van der Waals surface area contributed by atoms with Crippen molar-refractivity contribution < 1.29 is 23.0 Å². The number of hydrogen-bond acceptors (Lipinski definition) is 4. The molecule has 0 fully saturated rings. The van der Waals surface area contributed by atoms with E-state index in [-0.39, 0.29) is 29.7 Å². The Bertz CT molecular complexity index is 537. The standard InChI is InChI=1S/C19H31F2N3O3.HI/c1-3-5-10-25-12-13-26-11-9-23-19(22-4-2)24-15-16-7-6-8-17(14-16)27-18(20)21;/h6-8,14,18H,3-5,9-13,15H2,1-2H3,(H2,22,23,24);1H. The molecule has 0 aliphatic rings. The highest BCUT2D eigenvalue weighted by molar-refractivity contribution is 14.0. The molecule has 162 valence electrons. The van der Waals surface area contributed by atoms with E-state index in [0.717, 1.165) is 25.0 Å². The van der Waals surface area contributed by atoms with Crippen LogP contribution in [-0.4, -0.2) is 52.1 Å². The number of nitrogens with zero attached hydrogens (tertiary/aromatic N) is 1. The maximum atomic E-state index is 12.3. The van der Waals surface area contributed by atoms with Gasteiger partial charge in [0.2, 0.25) is 0 Å². The second-order valence-corrected chi connectivity index (χ2v) is 5.73. The number of benzene rings is 1. The van der Waals surface area contributed by atoms with Crippen LogP contribution < -0.4 is 15.4 Å². The number of halogens is 3. The van der Waals surface area contributed by atoms with E-state index < -0.39 is 6.61 Å². The normalized spacial score (nSPS) is 11.2. The fourth-order valence-corrected chi connectivity index (χ4v) is 2.14. The number of rotatable bonds is 14. The fourth-order valence-electron chi connectivity index (χ4n) is 2.14. The zero-order valence-corrected chi connectivity index (χ0v) is 18.9. The number of hydrogen-bond donors (Lipinski definition) is 2. The van der Waals surface area contributed by atoms with E-state index >= 15 is 0 Å². The Morgan fingerprint density at radius 3 is 2.50 bits per heavy atom. The maximum Gasteiger partial charge on any atom is 0.387 e. The summed E-state index contributed by atoms with van der Waals surface area (Å²) in [5.41, 5.74) is 0.783. The van der Waals surface area contributed by atoms with Crippen molar-refractivity contribution in [3.8, 4) is 5.75 Å². The first-order chi connectivity index (χ1) is 13.2. The minimum Gasteiger partial charge on any atom is -0.435 e. The molecule has 6 nitrogen and oxygen atoms in total. The highest BCUT2D eigenvalue weighted by Gasteiger charge is 2.04. The van der Waals surface area contributed by atoms with Crippen LogP contribution in [-0.2, 0) is 16.0 Å². The average molecular weight is 515 g/mol. The quantitative estimate of drug-likeness (QED) is 0.171. The van der Waals surface area contributed by atoms with Crippen molar-refractivity contribution in [2.75, 3.05) is 39.5 Å². The lowest BCUT2D eigenvalue weighted by atomic mass is 10.2. The minimum absolute atomic E-state index is 0. The number of guanidine groups is 1. The van der Waals surface area contributed by atoms with Gasteiger partial charge in [-0.1, -0.05) is 25.5 Å². The molecule has 0 aliphatic carbocycles. The molecule has 0 saturated heterocycles. The van der Waals surface area contributed by atoms with Crippen LogP contribution in [0.5, 0.6) is 5.75 Å². The Morgan fingerprint density at radius 1 is 1.07 bits per heavy atom. The number of ether oxygens (including phenoxy) is 3. The maximum absolute atomic E-state index is 12.3. The van der Waals surface area contributed by atoms with Gasteiger partial charge in [-0.05, 0) is 31.0 Å². The van der Waals surface area contributed by atoms with Gasteiger partial charge in [-0.15, -0.1) is 24.0 Å². The summed E-state index contributed by atoms with van der Waals surface area (Å²) in [5, 5.41) is 6.30. The number of alkyl halides is 2. The van der Waals surface area contributed by atoms with Crippen molar-refractivity contribution in [2.45, 2.75) is 39.8 Å². The Kier molecular flexibility index (Phi) is 17.1. The summed E-state index contributed by atoms with van der Waals surface area (Å²) in [6.45, 7) is 5.42. The van der Waals surface area contributed by atoms with E-state index in [1.165, 1.54) is 6.07 Å². The number of aliphatic imine (C=N–C) groups is 1. The summed E-state index contributed by atoms with van der Waals surface area (Å²) >= 11 is 0. The van der Waals surface area contributed by atoms with Gasteiger partial charge in [0.1, 0.15) is 5.75 Å². The zero-order valence-electron chi connectivity index (χ0n) is 16.6. The molecule has 1 rings (SSSR count). The fraction of sp³-hybridized carbons (Fsp3) is 0.632. The summed E-state index contributed by atoms with van der Waals surface area (Å²) in [7, 11) is 0. The van der Waals surface area contributed by atoms with Crippen LogP contribution in [0.3, 0.4) is 0 Å². The van der Waals surface area contributed by atoms with E-state index in [4.69, 9.17) is 9.47 Å². The monoisotopic (exact) mass is 515 g/mol. The summed E-state index contributed by atoms with van der Waals surface area (Å²) in [5.74, 6) is 0.769. The van der Waals surface area contributed by atoms with Crippen LogP contribution in [0.1, 0.15) is 32.3 Å². The Labute approximate surface area is 183 Å². The first-order valence-corrected chi connectivity index (χ1v) is 9.37. The van der Waals surface area contributed by atoms with Crippen LogP contribution in [0.2, 0.25) is 0 Å². The number of nitrogens with one attached hydrogen (secondary N) is 2. The van der Waals surface area contributed by atoms with Gasteiger partial charge in [0, 0.05) is 19.7 Å². The van der Waals surface area contributed by atoms with Crippen molar-refractivity contribution >= 4 is 29.9 Å². The van der Waals surface area contributed by atoms with Gasteiger partial charge in [-0.3, -0.25) is 0 Å². The summed E-state index contributed by atoms with van der Waals surface area (Å²) in [6, 6.07) is 6.53. The molecule has 1 aromatic rings. The molecule has 28 heavy (non-hydrogen) atoms. The average Bonchev–Trinajstić information content (AvgIpc) is 2.64. The van der Waals surface area contributed by atoms with Gasteiger partial charge < -0.3 is 24.8 Å². The van der Waals surface area contributed by atoms with E-state index in [0.29, 0.717) is 45.4 Å². The van der Waals surface area contributed by atoms with Crippen LogP contribution in [0.4, 0.5) is 8.78 Å². The third-order valence-electron chi connectivity index (χ3n) is 3.44. The first-order valence-electron chi connectivity index (χ1n) is 9.37. The van der Waals surface area contributed by atoms with Crippen LogP contribution in [0.25, 0.3) is 0 Å². The lowest BCUT2D eigenvalue weighted by Crippen LogP contribution is -2.39. The van der Waals surface area contributed by atoms with E-state index in [1.54, 1.807) is 12.1 Å². The molecule has 0 atom stereocenters. The van der Waals surface area contributed by atoms with E-state index in [9.17, 15) is 8.78 Å². The lowest BCUT2D eigenvalue weighted by Gasteiger charge is -2.12. The molecular formula is C19H32F2IN3O3. The predicted octanol–water partition coefficient (Wildman–Crippen LogP) is 3.79. The molecule has 0 bridgehead atoms. The minimum atomic E-state index is -2.83. The van der Waals surface area contributed by atoms with Crippen molar-refractivity contribution in [2.24, 2.45) is 4.99 Å². The summed E-state index contributed by atoms with van der Waals surface area (Å²) < 4.78 is 39.9. The Morgan fingerprint density at radius 2 is 1.82 bits per heavy atom. The van der Waals surface area contributed by atoms with Crippen molar-refractivity contribution in [1.82, 2.24) is 10.6 Å². The second-order valence-electron chi connectivity index (χ2n) is 5.73. The molecule has 0 radical (unpaired) electrons. The van der Waals surface area contributed by atoms with Crippen LogP contribution in [0.15, 0.2) is 29.3 Å². The molecule has 0 spiro atoms. The highest BCUT2D eigenvalue weighted by atomic mass is 127. The largest absolute Gasteiger partial charge is 0.435 e. The third kappa shape index (κ3) is 13.9. The first kappa shape index (κ1) is 26.8. The van der Waals surface area contributed by atoms with Crippen molar-refractivity contribution in [1.29, 1.82) is 0 Å². The molecule has 0 saturated carbocycles. The predicted molar refractivity (Wildman–Crippen MR) is 118 cm³/mol. The SMILES string of the molecule is CCCCOCCOCCNC(=NCc1cccc(OC(F)F)c1)NCC.I. The van der Waals surface area contributed by atoms with Crippen LogP contribution in [0, 0.1) is 0 Å². The number of unbranched alkanes of at least 4 members (excludes halogenated alkanes) is 1. The van der Waals surface area contributed by atoms with E-state index in [1.807, 2.05) is 13.0 Å². The van der Waals surface area contributed by atoms with Crippen molar-refractivity contribution in [3.63, 3.8) is 0 Å². The van der Waals surface area contributed by atoms with Gasteiger partial charge in [-0.2, -0.15) is 8.78 Å². The topological polar surface area (TPSA) is 64.1 Å². The molecule has 2 N–H and O–H groups in total. The second kappa shape index (κ2) is 17.9. The van der Waals surface area contributed by atoms with Gasteiger partial charge in [0.05, 0.1) is 26.4 Å². The Balaban J connectivity index is 0.00000729. The molecule has 0 heterocycles. The summed E-state index contributed by atoms with van der Waals surface area (Å²) in [6.07, 6.45) is 2.20. The summed E-state index contributed by atoms with van der Waals surface area (Å²) in [4.78, 5) is 4.44. The molecule has 0 aromatic heterocycles. The molecule has 0 unspecified atom stereocenters.